The summed E-state index contributed by atoms with van der Waals surface area (Å²) in [4.78, 5) is 34.4. The van der Waals surface area contributed by atoms with Crippen molar-refractivity contribution in [2.75, 3.05) is 18.4 Å². The minimum Gasteiger partial charge on any atom is -0.368 e. The van der Waals surface area contributed by atoms with E-state index in [2.05, 4.69) is 5.32 Å². The summed E-state index contributed by atoms with van der Waals surface area (Å²) in [6.07, 6.45) is 4.75. The standard InChI is InChI=1S/C20H21ClN4O2/c21-14-5-3-4-13(12-14)19-23-16-7-2-1-6-15(16)20(24-19)22-10-11-25-17(26)8-9-18(25)27/h3-5,12H,1-2,6-11H2,(H,22,23,24). The average Bonchev–Trinajstić information content (AvgIpc) is 3.00. The van der Waals surface area contributed by atoms with E-state index in [-0.39, 0.29) is 11.8 Å². The van der Waals surface area contributed by atoms with Crippen molar-refractivity contribution in [3.8, 4) is 11.4 Å². The van der Waals surface area contributed by atoms with Gasteiger partial charge in [0.15, 0.2) is 5.82 Å². The average molecular weight is 385 g/mol. The lowest BCUT2D eigenvalue weighted by Crippen LogP contribution is -2.33. The summed E-state index contributed by atoms with van der Waals surface area (Å²) in [5.74, 6) is 1.26. The van der Waals surface area contributed by atoms with Crippen LogP contribution in [0, 0.1) is 0 Å². The summed E-state index contributed by atoms with van der Waals surface area (Å²) in [6.45, 7) is 0.846. The van der Waals surface area contributed by atoms with Crippen LogP contribution >= 0.6 is 11.6 Å². The first kappa shape index (κ1) is 17.9. The van der Waals surface area contributed by atoms with E-state index in [1.165, 1.54) is 4.90 Å². The van der Waals surface area contributed by atoms with Crippen molar-refractivity contribution in [3.05, 3.63) is 40.5 Å². The molecule has 1 N–H and O–H groups in total. The number of rotatable bonds is 5. The molecule has 0 radical (unpaired) electrons. The van der Waals surface area contributed by atoms with Crippen LogP contribution < -0.4 is 5.32 Å². The number of aromatic nitrogens is 2. The molecule has 1 aromatic heterocycles. The van der Waals surface area contributed by atoms with E-state index in [1.54, 1.807) is 0 Å². The summed E-state index contributed by atoms with van der Waals surface area (Å²) < 4.78 is 0. The zero-order valence-corrected chi connectivity index (χ0v) is 15.8. The second-order valence-electron chi connectivity index (χ2n) is 6.90. The summed E-state index contributed by atoms with van der Waals surface area (Å²) in [5.41, 5.74) is 3.09. The third kappa shape index (κ3) is 3.81. The predicted octanol–water partition coefficient (Wildman–Crippen LogP) is 3.24. The van der Waals surface area contributed by atoms with Crippen LogP contribution in [0.2, 0.25) is 5.02 Å². The number of carbonyl (C=O) groups excluding carboxylic acids is 2. The smallest absolute Gasteiger partial charge is 0.229 e. The fourth-order valence-corrected chi connectivity index (χ4v) is 3.85. The van der Waals surface area contributed by atoms with Gasteiger partial charge in [0.1, 0.15) is 5.82 Å². The van der Waals surface area contributed by atoms with Gasteiger partial charge in [-0.15, -0.1) is 0 Å². The lowest BCUT2D eigenvalue weighted by molar-refractivity contribution is -0.138. The number of imide groups is 1. The van der Waals surface area contributed by atoms with E-state index in [0.29, 0.717) is 36.8 Å². The summed E-state index contributed by atoms with van der Waals surface area (Å²) in [7, 11) is 0. The zero-order valence-electron chi connectivity index (χ0n) is 15.0. The normalized spacial score (nSPS) is 16.6. The van der Waals surface area contributed by atoms with Crippen LogP contribution in [0.3, 0.4) is 0 Å². The molecule has 0 spiro atoms. The highest BCUT2D eigenvalue weighted by molar-refractivity contribution is 6.30. The summed E-state index contributed by atoms with van der Waals surface area (Å²) in [6, 6.07) is 7.52. The Balaban J connectivity index is 1.58. The Morgan fingerprint density at radius 3 is 2.59 bits per heavy atom. The molecule has 1 aromatic carbocycles. The highest BCUT2D eigenvalue weighted by atomic mass is 35.5. The number of fused-ring (bicyclic) bond motifs is 1. The highest BCUT2D eigenvalue weighted by Crippen LogP contribution is 2.29. The van der Waals surface area contributed by atoms with Crippen LogP contribution in [0.5, 0.6) is 0 Å². The molecule has 1 fully saturated rings. The largest absolute Gasteiger partial charge is 0.368 e. The van der Waals surface area contributed by atoms with Gasteiger partial charge in [-0.2, -0.15) is 0 Å². The van der Waals surface area contributed by atoms with Crippen LogP contribution in [-0.2, 0) is 22.4 Å². The molecule has 2 heterocycles. The first-order chi connectivity index (χ1) is 13.1. The monoisotopic (exact) mass is 384 g/mol. The molecule has 1 saturated heterocycles. The number of carbonyl (C=O) groups is 2. The van der Waals surface area contributed by atoms with Gasteiger partial charge in [0.25, 0.3) is 0 Å². The third-order valence-corrected chi connectivity index (χ3v) is 5.28. The van der Waals surface area contributed by atoms with Gasteiger partial charge in [0.05, 0.1) is 0 Å². The fraction of sp³-hybridized carbons (Fsp3) is 0.400. The van der Waals surface area contributed by atoms with Crippen molar-refractivity contribution in [1.29, 1.82) is 0 Å². The predicted molar refractivity (Wildman–Crippen MR) is 104 cm³/mol. The van der Waals surface area contributed by atoms with Crippen molar-refractivity contribution in [2.24, 2.45) is 0 Å². The number of hydrogen-bond donors (Lipinski definition) is 1. The third-order valence-electron chi connectivity index (χ3n) is 5.05. The van der Waals surface area contributed by atoms with Crippen molar-refractivity contribution in [3.63, 3.8) is 0 Å². The van der Waals surface area contributed by atoms with Crippen molar-refractivity contribution in [1.82, 2.24) is 14.9 Å². The van der Waals surface area contributed by atoms with Crippen LogP contribution in [0.4, 0.5) is 5.82 Å². The maximum atomic E-state index is 11.8. The second-order valence-corrected chi connectivity index (χ2v) is 7.34. The van der Waals surface area contributed by atoms with Gasteiger partial charge < -0.3 is 5.32 Å². The molecule has 0 atom stereocenters. The molecule has 1 aliphatic carbocycles. The molecule has 6 nitrogen and oxygen atoms in total. The Bertz CT molecular complexity index is 884. The maximum Gasteiger partial charge on any atom is 0.229 e. The Labute approximate surface area is 163 Å². The molecule has 2 amide bonds. The van der Waals surface area contributed by atoms with E-state index in [1.807, 2.05) is 24.3 Å². The van der Waals surface area contributed by atoms with E-state index in [0.717, 1.165) is 48.3 Å². The molecule has 1 aliphatic heterocycles. The van der Waals surface area contributed by atoms with Gasteiger partial charge in [-0.25, -0.2) is 9.97 Å². The van der Waals surface area contributed by atoms with Crippen LogP contribution in [-0.4, -0.2) is 39.8 Å². The number of benzene rings is 1. The van der Waals surface area contributed by atoms with Gasteiger partial charge in [0.2, 0.25) is 11.8 Å². The number of hydrogen-bond acceptors (Lipinski definition) is 5. The zero-order chi connectivity index (χ0) is 18.8. The van der Waals surface area contributed by atoms with Gasteiger partial charge >= 0.3 is 0 Å². The number of nitrogens with one attached hydrogen (secondary N) is 1. The molecule has 2 aliphatic rings. The van der Waals surface area contributed by atoms with E-state index in [4.69, 9.17) is 21.6 Å². The molecule has 7 heteroatoms. The van der Waals surface area contributed by atoms with Gasteiger partial charge in [-0.05, 0) is 37.8 Å². The van der Waals surface area contributed by atoms with E-state index >= 15 is 0 Å². The summed E-state index contributed by atoms with van der Waals surface area (Å²) in [5, 5.41) is 3.98. The van der Waals surface area contributed by atoms with E-state index in [9.17, 15) is 9.59 Å². The fourth-order valence-electron chi connectivity index (χ4n) is 3.66. The molecule has 27 heavy (non-hydrogen) atoms. The summed E-state index contributed by atoms with van der Waals surface area (Å²) >= 11 is 6.12. The molecule has 0 unspecified atom stereocenters. The van der Waals surface area contributed by atoms with Crippen LogP contribution in [0.25, 0.3) is 11.4 Å². The van der Waals surface area contributed by atoms with Gasteiger partial charge in [0, 0.05) is 47.8 Å². The molecule has 2 aromatic rings. The van der Waals surface area contributed by atoms with Crippen LogP contribution in [0.1, 0.15) is 36.9 Å². The number of nitrogens with zero attached hydrogens (tertiary/aromatic N) is 3. The molecule has 140 valence electrons. The Hall–Kier alpha value is -2.47. The number of aryl methyl sites for hydroxylation is 1. The molecular weight excluding hydrogens is 364 g/mol. The SMILES string of the molecule is O=C1CCC(=O)N1CCNc1nc(-c2cccc(Cl)c2)nc2c1CCCC2. The van der Waals surface area contributed by atoms with Crippen molar-refractivity contribution >= 4 is 29.2 Å². The Kier molecular flexibility index (Phi) is 5.07. The van der Waals surface area contributed by atoms with Gasteiger partial charge in [-0.1, -0.05) is 23.7 Å². The number of amides is 2. The lowest BCUT2D eigenvalue weighted by Gasteiger charge is -2.21. The second kappa shape index (κ2) is 7.64. The highest BCUT2D eigenvalue weighted by Gasteiger charge is 2.28. The van der Waals surface area contributed by atoms with E-state index < -0.39 is 0 Å². The Morgan fingerprint density at radius 2 is 1.81 bits per heavy atom. The molecule has 0 saturated carbocycles. The quantitative estimate of drug-likeness (QED) is 0.801. The van der Waals surface area contributed by atoms with Crippen LogP contribution in [0.15, 0.2) is 24.3 Å². The minimum atomic E-state index is -0.0915. The van der Waals surface area contributed by atoms with Crippen molar-refractivity contribution < 1.29 is 9.59 Å². The first-order valence-corrected chi connectivity index (χ1v) is 9.72. The topological polar surface area (TPSA) is 75.2 Å². The maximum absolute atomic E-state index is 11.8. The number of likely N-dealkylation sites (tertiary alicyclic amines) is 1. The lowest BCUT2D eigenvalue weighted by atomic mass is 9.96. The molecule has 0 bridgehead atoms. The number of anilines is 1. The molecule has 4 rings (SSSR count). The van der Waals surface area contributed by atoms with Gasteiger partial charge in [-0.3, -0.25) is 14.5 Å². The number of halogens is 1. The van der Waals surface area contributed by atoms with Crippen molar-refractivity contribution in [2.45, 2.75) is 38.5 Å². The Morgan fingerprint density at radius 1 is 1.04 bits per heavy atom. The first-order valence-electron chi connectivity index (χ1n) is 9.34. The minimum absolute atomic E-state index is 0.0915. The molecular formula is C20H21ClN4O2.